The average Bonchev–Trinajstić information content (AvgIpc) is 2.94. The van der Waals surface area contributed by atoms with E-state index in [0.29, 0.717) is 23.8 Å². The molecule has 0 radical (unpaired) electrons. The van der Waals surface area contributed by atoms with E-state index in [1.165, 1.54) is 6.92 Å². The van der Waals surface area contributed by atoms with E-state index >= 15 is 0 Å². The highest BCUT2D eigenvalue weighted by Gasteiger charge is 2.31. The van der Waals surface area contributed by atoms with E-state index in [9.17, 15) is 13.2 Å². The fourth-order valence-corrected chi connectivity index (χ4v) is 4.59. The molecule has 8 heteroatoms. The Morgan fingerprint density at radius 3 is 2.80 bits per heavy atom. The summed E-state index contributed by atoms with van der Waals surface area (Å²) in [7, 11) is -1.11. The smallest absolute Gasteiger partial charge is 0.229 e. The lowest BCUT2D eigenvalue weighted by Gasteiger charge is -2.24. The third-order valence-corrected chi connectivity index (χ3v) is 6.03. The van der Waals surface area contributed by atoms with Crippen LogP contribution in [-0.2, 0) is 9.84 Å². The lowest BCUT2D eigenvalue weighted by molar-refractivity contribution is 0.101. The van der Waals surface area contributed by atoms with Crippen molar-refractivity contribution in [3.05, 3.63) is 42.1 Å². The molecule has 0 spiro atoms. The van der Waals surface area contributed by atoms with Gasteiger partial charge in [0.2, 0.25) is 5.95 Å². The van der Waals surface area contributed by atoms with Crippen molar-refractivity contribution >= 4 is 33.1 Å². The Morgan fingerprint density at radius 1 is 1.32 bits per heavy atom. The zero-order chi connectivity index (χ0) is 18.0. The van der Waals surface area contributed by atoms with Crippen molar-refractivity contribution in [1.82, 2.24) is 9.97 Å². The van der Waals surface area contributed by atoms with E-state index in [-0.39, 0.29) is 23.3 Å². The molecule has 0 aliphatic carbocycles. The number of nitrogens with one attached hydrogen (secondary N) is 1. The first-order valence-corrected chi connectivity index (χ1v) is 9.80. The first kappa shape index (κ1) is 17.3. The minimum atomic E-state index is -2.95. The molecule has 7 nitrogen and oxygen atoms in total. The second-order valence-corrected chi connectivity index (χ2v) is 8.40. The molecular formula is C17H20N4O3S. The first-order valence-electron chi connectivity index (χ1n) is 7.98. The van der Waals surface area contributed by atoms with E-state index in [2.05, 4.69) is 15.3 Å². The van der Waals surface area contributed by atoms with Crippen molar-refractivity contribution < 1.29 is 13.2 Å². The van der Waals surface area contributed by atoms with Gasteiger partial charge in [-0.15, -0.1) is 0 Å². The van der Waals surface area contributed by atoms with Gasteiger partial charge in [-0.1, -0.05) is 12.1 Å². The summed E-state index contributed by atoms with van der Waals surface area (Å²) >= 11 is 0. The highest BCUT2D eigenvalue weighted by molar-refractivity contribution is 7.91. The summed E-state index contributed by atoms with van der Waals surface area (Å²) in [6.07, 6.45) is 2.23. The second-order valence-electron chi connectivity index (χ2n) is 6.17. The van der Waals surface area contributed by atoms with Crippen LogP contribution in [0.4, 0.5) is 17.5 Å². The maximum absolute atomic E-state index is 11.7. The number of sulfone groups is 1. The van der Waals surface area contributed by atoms with Gasteiger partial charge < -0.3 is 10.2 Å². The molecular weight excluding hydrogens is 340 g/mol. The average molecular weight is 360 g/mol. The summed E-state index contributed by atoms with van der Waals surface area (Å²) in [5.74, 6) is 1.40. The molecule has 0 saturated carbocycles. The molecule has 1 aliphatic heterocycles. The second kappa shape index (κ2) is 6.79. The fraction of sp³-hybridized carbons (Fsp3) is 0.353. The third kappa shape index (κ3) is 4.14. The number of carbonyl (C=O) groups excluding carboxylic acids is 1. The highest BCUT2D eigenvalue weighted by atomic mass is 32.2. The lowest BCUT2D eigenvalue weighted by atomic mass is 10.1. The van der Waals surface area contributed by atoms with Gasteiger partial charge in [0.05, 0.1) is 11.5 Å². The number of hydrogen-bond acceptors (Lipinski definition) is 7. The van der Waals surface area contributed by atoms with Crippen LogP contribution in [0.15, 0.2) is 36.5 Å². The predicted octanol–water partition coefficient (Wildman–Crippen LogP) is 2.05. The van der Waals surface area contributed by atoms with E-state index in [1.54, 1.807) is 30.5 Å². The molecule has 1 aromatic carbocycles. The molecule has 2 aromatic rings. The van der Waals surface area contributed by atoms with Gasteiger partial charge in [-0.25, -0.2) is 13.4 Å². The Morgan fingerprint density at radius 2 is 2.12 bits per heavy atom. The number of benzene rings is 1. The molecule has 1 unspecified atom stereocenters. The topological polar surface area (TPSA) is 92.3 Å². The molecule has 1 aromatic heterocycles. The highest BCUT2D eigenvalue weighted by Crippen LogP contribution is 2.23. The molecule has 1 saturated heterocycles. The Hall–Kier alpha value is -2.48. The molecule has 2 heterocycles. The first-order chi connectivity index (χ1) is 11.8. The van der Waals surface area contributed by atoms with Crippen LogP contribution in [0, 0.1) is 0 Å². The van der Waals surface area contributed by atoms with Gasteiger partial charge in [0.15, 0.2) is 15.6 Å². The van der Waals surface area contributed by atoms with Gasteiger partial charge in [-0.3, -0.25) is 4.79 Å². The van der Waals surface area contributed by atoms with E-state index in [4.69, 9.17) is 0 Å². The zero-order valence-corrected chi connectivity index (χ0v) is 15.0. The number of aromatic nitrogens is 2. The van der Waals surface area contributed by atoms with E-state index < -0.39 is 9.84 Å². The molecule has 132 valence electrons. The van der Waals surface area contributed by atoms with Crippen LogP contribution in [0.5, 0.6) is 0 Å². The zero-order valence-electron chi connectivity index (χ0n) is 14.1. The molecule has 1 atom stereocenters. The lowest BCUT2D eigenvalue weighted by Crippen LogP contribution is -2.33. The van der Waals surface area contributed by atoms with Crippen LogP contribution < -0.4 is 10.2 Å². The van der Waals surface area contributed by atoms with Crippen molar-refractivity contribution in [1.29, 1.82) is 0 Å². The van der Waals surface area contributed by atoms with Crippen molar-refractivity contribution in [2.75, 3.05) is 28.8 Å². The van der Waals surface area contributed by atoms with Gasteiger partial charge in [0.25, 0.3) is 0 Å². The minimum Gasteiger partial charge on any atom is -0.355 e. The van der Waals surface area contributed by atoms with E-state index in [1.807, 2.05) is 18.0 Å². The monoisotopic (exact) mass is 360 g/mol. The molecule has 25 heavy (non-hydrogen) atoms. The molecule has 1 fully saturated rings. The van der Waals surface area contributed by atoms with Crippen LogP contribution in [0.3, 0.4) is 0 Å². The largest absolute Gasteiger partial charge is 0.355 e. The summed E-state index contributed by atoms with van der Waals surface area (Å²) in [5.41, 5.74) is 1.32. The van der Waals surface area contributed by atoms with Crippen molar-refractivity contribution in [3.8, 4) is 0 Å². The quantitative estimate of drug-likeness (QED) is 0.816. The summed E-state index contributed by atoms with van der Waals surface area (Å²) < 4.78 is 23.3. The maximum atomic E-state index is 11.7. The molecule has 1 aliphatic rings. The Bertz CT molecular complexity index is 898. The fourth-order valence-electron chi connectivity index (χ4n) is 2.82. The SMILES string of the molecule is CC(=O)c1cccc(Nc2nccc(N(C)C3CCS(=O)(=O)C3)n2)c1. The van der Waals surface area contributed by atoms with Crippen molar-refractivity contribution in [3.63, 3.8) is 0 Å². The van der Waals surface area contributed by atoms with Crippen LogP contribution in [-0.4, -0.2) is 48.8 Å². The summed E-state index contributed by atoms with van der Waals surface area (Å²) in [6.45, 7) is 1.51. The van der Waals surface area contributed by atoms with Gasteiger partial charge in [-0.2, -0.15) is 4.98 Å². The van der Waals surface area contributed by atoms with Crippen LogP contribution >= 0.6 is 0 Å². The van der Waals surface area contributed by atoms with E-state index in [0.717, 1.165) is 5.69 Å². The summed E-state index contributed by atoms with van der Waals surface area (Å²) in [4.78, 5) is 22.0. The Kier molecular flexibility index (Phi) is 4.71. The number of hydrogen-bond donors (Lipinski definition) is 1. The Balaban J connectivity index is 1.78. The Labute approximate surface area is 147 Å². The van der Waals surface area contributed by atoms with Crippen LogP contribution in [0.1, 0.15) is 23.7 Å². The number of anilines is 3. The predicted molar refractivity (Wildman–Crippen MR) is 97.2 cm³/mol. The van der Waals surface area contributed by atoms with Gasteiger partial charge >= 0.3 is 0 Å². The number of carbonyl (C=O) groups is 1. The maximum Gasteiger partial charge on any atom is 0.229 e. The summed E-state index contributed by atoms with van der Waals surface area (Å²) in [6, 6.07) is 8.79. The number of nitrogens with zero attached hydrogens (tertiary/aromatic N) is 3. The van der Waals surface area contributed by atoms with Gasteiger partial charge in [0.1, 0.15) is 5.82 Å². The molecule has 0 bridgehead atoms. The minimum absolute atomic E-state index is 0.0134. The molecule has 3 rings (SSSR count). The number of rotatable bonds is 5. The van der Waals surface area contributed by atoms with Gasteiger partial charge in [-0.05, 0) is 31.5 Å². The number of Topliss-reactive ketones (excluding diaryl/α,β-unsaturated/α-hetero) is 1. The molecule has 1 N–H and O–H groups in total. The van der Waals surface area contributed by atoms with Crippen molar-refractivity contribution in [2.45, 2.75) is 19.4 Å². The van der Waals surface area contributed by atoms with Gasteiger partial charge in [0, 0.05) is 30.5 Å². The summed E-state index contributed by atoms with van der Waals surface area (Å²) in [5, 5.41) is 3.08. The normalized spacial score (nSPS) is 18.7. The molecule has 0 amide bonds. The third-order valence-electron chi connectivity index (χ3n) is 4.28. The van der Waals surface area contributed by atoms with Crippen LogP contribution in [0.2, 0.25) is 0 Å². The van der Waals surface area contributed by atoms with Crippen molar-refractivity contribution in [2.24, 2.45) is 0 Å². The number of ketones is 1. The standard InChI is InChI=1S/C17H20N4O3S/c1-12(22)13-4-3-5-14(10-13)19-17-18-8-6-16(20-17)21(2)15-7-9-25(23,24)11-15/h3-6,8,10,15H,7,9,11H2,1-2H3,(H,18,19,20). The van der Waals surface area contributed by atoms with Crippen LogP contribution in [0.25, 0.3) is 0 Å².